The summed E-state index contributed by atoms with van der Waals surface area (Å²) < 4.78 is 19.5. The van der Waals surface area contributed by atoms with E-state index in [4.69, 9.17) is 4.98 Å². The molecule has 0 atom stereocenters. The molecule has 4 heterocycles. The van der Waals surface area contributed by atoms with Crippen LogP contribution < -0.4 is 5.32 Å². The van der Waals surface area contributed by atoms with Gasteiger partial charge in [-0.3, -0.25) is 9.59 Å². The second-order valence-electron chi connectivity index (χ2n) is 11.9. The van der Waals surface area contributed by atoms with Gasteiger partial charge < -0.3 is 19.4 Å². The molecule has 2 saturated carbocycles. The monoisotopic (exact) mass is 568 g/mol. The Morgan fingerprint density at radius 1 is 1.05 bits per heavy atom. The van der Waals surface area contributed by atoms with Crippen LogP contribution in [0.15, 0.2) is 43.0 Å². The first-order valence-corrected chi connectivity index (χ1v) is 14.7. The number of hydrogen-bond donors (Lipinski definition) is 1. The molecule has 1 aromatic carbocycles. The maximum Gasteiger partial charge on any atom is 0.259 e. The third-order valence-corrected chi connectivity index (χ3v) is 8.60. The van der Waals surface area contributed by atoms with E-state index in [9.17, 15) is 9.59 Å². The highest BCUT2D eigenvalue weighted by molar-refractivity contribution is 6.04. The molecule has 10 nitrogen and oxygen atoms in total. The Bertz CT molecular complexity index is 1680. The number of pyridine rings is 1. The Morgan fingerprint density at radius 3 is 2.62 bits per heavy atom. The SMILES string of the molecule is CC(C)n1cnnc1-c1cccc(NC(=O)c2cc3c(cc2F)CN(C(=O)C2CCCC2)Cc2c(C4CC4)ncn2-3)n1. The summed E-state index contributed by atoms with van der Waals surface area (Å²) in [5.74, 6) is 0.107. The van der Waals surface area contributed by atoms with Gasteiger partial charge in [-0.15, -0.1) is 10.2 Å². The number of carbonyl (C=O) groups excluding carboxylic acids is 2. The van der Waals surface area contributed by atoms with Crippen molar-refractivity contribution in [2.75, 3.05) is 5.32 Å². The predicted octanol–water partition coefficient (Wildman–Crippen LogP) is 5.41. The first-order chi connectivity index (χ1) is 20.4. The summed E-state index contributed by atoms with van der Waals surface area (Å²) in [6.45, 7) is 4.75. The lowest BCUT2D eigenvalue weighted by Gasteiger charge is -2.24. The molecule has 11 heteroatoms. The predicted molar refractivity (Wildman–Crippen MR) is 153 cm³/mol. The minimum Gasteiger partial charge on any atom is -0.332 e. The van der Waals surface area contributed by atoms with E-state index in [1.54, 1.807) is 36.9 Å². The van der Waals surface area contributed by atoms with Crippen molar-refractivity contribution in [2.24, 2.45) is 5.92 Å². The van der Waals surface area contributed by atoms with Crippen LogP contribution >= 0.6 is 0 Å². The van der Waals surface area contributed by atoms with E-state index >= 15 is 4.39 Å². The Labute approximate surface area is 243 Å². The van der Waals surface area contributed by atoms with Gasteiger partial charge in [-0.25, -0.2) is 14.4 Å². The fraction of sp³-hybridized carbons (Fsp3) is 0.419. The molecule has 0 unspecified atom stereocenters. The molecular formula is C31H33FN8O2. The number of aromatic nitrogens is 6. The van der Waals surface area contributed by atoms with Crippen molar-refractivity contribution in [3.05, 3.63) is 71.3 Å². The van der Waals surface area contributed by atoms with Crippen LogP contribution in [0.1, 0.15) is 91.6 Å². The number of benzene rings is 1. The second-order valence-corrected chi connectivity index (χ2v) is 11.9. The molecule has 0 saturated heterocycles. The van der Waals surface area contributed by atoms with E-state index in [0.717, 1.165) is 49.9 Å². The summed E-state index contributed by atoms with van der Waals surface area (Å²) >= 11 is 0. The maximum absolute atomic E-state index is 15.6. The van der Waals surface area contributed by atoms with Gasteiger partial charge in [-0.1, -0.05) is 18.9 Å². The molecule has 3 aromatic heterocycles. The van der Waals surface area contributed by atoms with Crippen LogP contribution in [0, 0.1) is 11.7 Å². The van der Waals surface area contributed by atoms with Gasteiger partial charge in [-0.2, -0.15) is 0 Å². The van der Waals surface area contributed by atoms with E-state index in [1.807, 2.05) is 27.9 Å². The maximum atomic E-state index is 15.6. The molecule has 2 amide bonds. The van der Waals surface area contributed by atoms with E-state index in [2.05, 4.69) is 20.5 Å². The smallest absolute Gasteiger partial charge is 0.259 e. The van der Waals surface area contributed by atoms with Crippen molar-refractivity contribution in [3.63, 3.8) is 0 Å². The van der Waals surface area contributed by atoms with Crippen LogP contribution in [0.4, 0.5) is 10.2 Å². The van der Waals surface area contributed by atoms with Gasteiger partial charge in [0.2, 0.25) is 5.91 Å². The van der Waals surface area contributed by atoms with Crippen molar-refractivity contribution in [3.8, 4) is 17.2 Å². The summed E-state index contributed by atoms with van der Waals surface area (Å²) in [4.78, 5) is 38.1. The quantitative estimate of drug-likeness (QED) is 0.333. The Morgan fingerprint density at radius 2 is 1.86 bits per heavy atom. The molecule has 2 fully saturated rings. The molecule has 1 aliphatic heterocycles. The number of amides is 2. The topological polar surface area (TPSA) is 111 Å². The zero-order chi connectivity index (χ0) is 29.0. The van der Waals surface area contributed by atoms with E-state index < -0.39 is 11.7 Å². The first-order valence-electron chi connectivity index (χ1n) is 14.7. The van der Waals surface area contributed by atoms with E-state index in [1.165, 1.54) is 6.07 Å². The molecule has 0 radical (unpaired) electrons. The van der Waals surface area contributed by atoms with Gasteiger partial charge in [0.25, 0.3) is 5.91 Å². The number of rotatable bonds is 6. The molecule has 4 aromatic rings. The number of anilines is 1. The van der Waals surface area contributed by atoms with Gasteiger partial charge in [0, 0.05) is 24.4 Å². The fourth-order valence-corrected chi connectivity index (χ4v) is 6.22. The molecule has 7 rings (SSSR count). The number of carbonyl (C=O) groups is 2. The Hall–Kier alpha value is -4.41. The third kappa shape index (κ3) is 4.76. The average Bonchev–Trinajstić information content (AvgIpc) is 3.35. The molecule has 216 valence electrons. The van der Waals surface area contributed by atoms with Crippen LogP contribution in [0.3, 0.4) is 0 Å². The van der Waals surface area contributed by atoms with Crippen molar-refractivity contribution >= 4 is 17.6 Å². The highest BCUT2D eigenvalue weighted by atomic mass is 19.1. The van der Waals surface area contributed by atoms with Crippen LogP contribution in [-0.2, 0) is 17.9 Å². The van der Waals surface area contributed by atoms with Gasteiger partial charge in [-0.05, 0) is 69.4 Å². The summed E-state index contributed by atoms with van der Waals surface area (Å²) in [5.41, 5.74) is 3.71. The highest BCUT2D eigenvalue weighted by Crippen LogP contribution is 2.43. The van der Waals surface area contributed by atoms with Crippen LogP contribution in [0.2, 0.25) is 0 Å². The number of fused-ring (bicyclic) bond motifs is 3. The molecule has 2 aliphatic carbocycles. The normalized spacial score (nSPS) is 16.8. The molecule has 0 bridgehead atoms. The zero-order valence-corrected chi connectivity index (χ0v) is 23.8. The minimum atomic E-state index is -0.652. The molecule has 1 N–H and O–H groups in total. The average molecular weight is 569 g/mol. The fourth-order valence-electron chi connectivity index (χ4n) is 6.22. The van der Waals surface area contributed by atoms with E-state index in [0.29, 0.717) is 35.2 Å². The number of nitrogens with one attached hydrogen (secondary N) is 1. The van der Waals surface area contributed by atoms with Crippen molar-refractivity contribution < 1.29 is 14.0 Å². The van der Waals surface area contributed by atoms with Crippen molar-refractivity contribution in [1.29, 1.82) is 0 Å². The lowest BCUT2D eigenvalue weighted by Crippen LogP contribution is -2.34. The number of hydrogen-bond acceptors (Lipinski definition) is 6. The van der Waals surface area contributed by atoms with E-state index in [-0.39, 0.29) is 35.8 Å². The van der Waals surface area contributed by atoms with Crippen LogP contribution in [0.5, 0.6) is 0 Å². The zero-order valence-electron chi connectivity index (χ0n) is 23.8. The number of imidazole rings is 1. The highest BCUT2D eigenvalue weighted by Gasteiger charge is 2.35. The lowest BCUT2D eigenvalue weighted by molar-refractivity contribution is -0.136. The summed E-state index contributed by atoms with van der Waals surface area (Å²) in [6.07, 6.45) is 9.46. The largest absolute Gasteiger partial charge is 0.332 e. The van der Waals surface area contributed by atoms with Gasteiger partial charge in [0.1, 0.15) is 23.7 Å². The van der Waals surface area contributed by atoms with Crippen molar-refractivity contribution in [1.82, 2.24) is 34.2 Å². The van der Waals surface area contributed by atoms with Crippen LogP contribution in [-0.4, -0.2) is 46.0 Å². The number of nitrogens with zero attached hydrogens (tertiary/aromatic N) is 7. The minimum absolute atomic E-state index is 0.0137. The summed E-state index contributed by atoms with van der Waals surface area (Å²) in [5, 5.41) is 10.9. The summed E-state index contributed by atoms with van der Waals surface area (Å²) in [6, 6.07) is 8.30. The second kappa shape index (κ2) is 10.5. The Kier molecular flexibility index (Phi) is 6.59. The molecule has 42 heavy (non-hydrogen) atoms. The van der Waals surface area contributed by atoms with Gasteiger partial charge in [0.15, 0.2) is 5.82 Å². The van der Waals surface area contributed by atoms with Crippen LogP contribution in [0.25, 0.3) is 17.2 Å². The van der Waals surface area contributed by atoms with Gasteiger partial charge >= 0.3 is 0 Å². The van der Waals surface area contributed by atoms with Gasteiger partial charge in [0.05, 0.1) is 35.5 Å². The molecule has 3 aliphatic rings. The third-order valence-electron chi connectivity index (χ3n) is 8.60. The number of halogens is 1. The lowest BCUT2D eigenvalue weighted by atomic mass is 10.0. The first kappa shape index (κ1) is 26.5. The Balaban J connectivity index is 1.22. The van der Waals surface area contributed by atoms with Crippen molar-refractivity contribution in [2.45, 2.75) is 77.4 Å². The molecule has 0 spiro atoms. The molecular weight excluding hydrogens is 535 g/mol. The summed E-state index contributed by atoms with van der Waals surface area (Å²) in [7, 11) is 0. The standard InChI is InChI=1S/C31H33FN8O2/c1-18(2)39-17-34-37-29(39)24-8-5-9-27(35-24)36-30(41)22-13-25-21(12-23(22)32)14-38(31(42)20-6-3-4-7-20)15-26-28(19-10-11-19)33-16-40(25)26/h5,8-9,12-13,16-20H,3-4,6-7,10-11,14-15H2,1-2H3,(H,35,36,41).